The summed E-state index contributed by atoms with van der Waals surface area (Å²) in [6.45, 7) is 13.7. The fourth-order valence-electron chi connectivity index (χ4n) is 10.1. The summed E-state index contributed by atoms with van der Waals surface area (Å²) in [6, 6.07) is 75.0. The van der Waals surface area contributed by atoms with Crippen LogP contribution in [0.1, 0.15) is 52.7 Å². The molecule has 0 saturated carbocycles. The fraction of sp³-hybridized carbons (Fsp3) is 0.125. The minimum absolute atomic E-state index is 0.0759. The molecule has 12 rings (SSSR count). The molecule has 0 fully saturated rings. The lowest BCUT2D eigenvalue weighted by Gasteiger charge is -2.19. The van der Waals surface area contributed by atoms with E-state index in [-0.39, 0.29) is 10.8 Å². The van der Waals surface area contributed by atoms with Gasteiger partial charge in [-0.25, -0.2) is 9.97 Å². The highest BCUT2D eigenvalue weighted by Gasteiger charge is 2.21. The van der Waals surface area contributed by atoms with Crippen LogP contribution in [0.25, 0.3) is 111 Å². The van der Waals surface area contributed by atoms with E-state index in [2.05, 4.69) is 233 Å². The molecule has 0 atom stereocenters. The third-order valence-corrected chi connectivity index (χ3v) is 13.9. The Morgan fingerprint density at radius 3 is 0.971 bits per heavy atom. The smallest absolute Gasteiger partial charge is 0.0973 e. The average molecular weight is 877 g/mol. The van der Waals surface area contributed by atoms with Gasteiger partial charge in [-0.3, -0.25) is 0 Å². The zero-order chi connectivity index (χ0) is 46.3. The van der Waals surface area contributed by atoms with Gasteiger partial charge in [0.1, 0.15) is 0 Å². The van der Waals surface area contributed by atoms with E-state index >= 15 is 0 Å². The number of aromatic nitrogens is 4. The van der Waals surface area contributed by atoms with E-state index in [0.29, 0.717) is 0 Å². The van der Waals surface area contributed by atoms with Crippen LogP contribution in [0.2, 0.25) is 0 Å². The molecule has 3 aromatic heterocycles. The number of rotatable bonds is 6. The first-order valence-electron chi connectivity index (χ1n) is 23.7. The molecule has 9 aromatic carbocycles. The molecule has 0 bridgehead atoms. The van der Waals surface area contributed by atoms with E-state index in [1.165, 1.54) is 54.7 Å². The largest absolute Gasteiger partial charge is 0.309 e. The van der Waals surface area contributed by atoms with Crippen LogP contribution < -0.4 is 0 Å². The Bertz CT molecular complexity index is 3620. The lowest BCUT2D eigenvalue weighted by Crippen LogP contribution is -2.10. The van der Waals surface area contributed by atoms with Crippen LogP contribution in [0.5, 0.6) is 0 Å². The third kappa shape index (κ3) is 7.07. The topological polar surface area (TPSA) is 35.6 Å². The van der Waals surface area contributed by atoms with Gasteiger partial charge in [-0.1, -0.05) is 175 Å². The SMILES string of the molecule is CC(C)(C)c1ccc2c(c1)c1ccccc1n2-c1ccc(-c2ccc(-c3nc4ccccc4nc3-c3ccc(-c4ccc(-n5c6ccccc6c6cc(C(C)(C)C)ccc65)cc4)cc3)cc2)cc1. The molecule has 0 amide bonds. The second-order valence-electron chi connectivity index (χ2n) is 20.3. The highest BCUT2D eigenvalue weighted by atomic mass is 15.0. The van der Waals surface area contributed by atoms with Crippen molar-refractivity contribution in [2.75, 3.05) is 0 Å². The van der Waals surface area contributed by atoms with Crippen molar-refractivity contribution >= 4 is 54.6 Å². The van der Waals surface area contributed by atoms with E-state index in [0.717, 1.165) is 67.2 Å². The lowest BCUT2D eigenvalue weighted by atomic mass is 9.86. The van der Waals surface area contributed by atoms with Gasteiger partial charge in [0.15, 0.2) is 0 Å². The van der Waals surface area contributed by atoms with Crippen LogP contribution in [-0.4, -0.2) is 19.1 Å². The number of nitrogens with zero attached hydrogens (tertiary/aromatic N) is 4. The first kappa shape index (κ1) is 41.4. The standard InChI is InChI=1S/C64H52N4/c1-63(2,3)47-31-37-59-53(39-47)51-13-7-11-17-57(51)67(59)49-33-27-43(28-34-49)41-19-23-45(24-20-41)61-62(66-56-16-10-9-15-55(56)65-61)46-25-21-42(22-26-46)44-29-35-50(36-30-44)68-58-18-12-8-14-52(58)54-40-48(64(4,5)6)32-38-60(54)68/h7-40H,1-6H3. The van der Waals surface area contributed by atoms with E-state index < -0.39 is 0 Å². The minimum atomic E-state index is 0.0759. The summed E-state index contributed by atoms with van der Waals surface area (Å²) >= 11 is 0. The summed E-state index contributed by atoms with van der Waals surface area (Å²) in [6.07, 6.45) is 0. The molecule has 0 aliphatic heterocycles. The number of hydrogen-bond donors (Lipinski definition) is 0. The number of hydrogen-bond acceptors (Lipinski definition) is 2. The maximum Gasteiger partial charge on any atom is 0.0973 e. The highest BCUT2D eigenvalue weighted by molar-refractivity contribution is 6.10. The Morgan fingerprint density at radius 1 is 0.294 bits per heavy atom. The third-order valence-electron chi connectivity index (χ3n) is 13.9. The second kappa shape index (κ2) is 15.8. The highest BCUT2D eigenvalue weighted by Crippen LogP contribution is 2.39. The molecular weight excluding hydrogens is 825 g/mol. The Hall–Kier alpha value is -8.08. The van der Waals surface area contributed by atoms with E-state index in [9.17, 15) is 0 Å². The van der Waals surface area contributed by atoms with Gasteiger partial charge in [0.05, 0.1) is 44.5 Å². The monoisotopic (exact) mass is 876 g/mol. The maximum atomic E-state index is 5.24. The Labute approximate surface area is 397 Å². The van der Waals surface area contributed by atoms with Crippen LogP contribution in [0.4, 0.5) is 0 Å². The van der Waals surface area contributed by atoms with Gasteiger partial charge in [0.25, 0.3) is 0 Å². The Balaban J connectivity index is 0.842. The molecule has 0 saturated heterocycles. The molecule has 0 aliphatic rings. The van der Waals surface area contributed by atoms with Crippen molar-refractivity contribution in [1.29, 1.82) is 0 Å². The minimum Gasteiger partial charge on any atom is -0.309 e. The lowest BCUT2D eigenvalue weighted by molar-refractivity contribution is 0.591. The average Bonchev–Trinajstić information content (AvgIpc) is 3.88. The Kier molecular flexibility index (Phi) is 9.60. The zero-order valence-electron chi connectivity index (χ0n) is 39.4. The van der Waals surface area contributed by atoms with Gasteiger partial charge in [0, 0.05) is 44.0 Å². The quantitative estimate of drug-likeness (QED) is 0.167. The van der Waals surface area contributed by atoms with Crippen molar-refractivity contribution in [3.8, 4) is 56.1 Å². The van der Waals surface area contributed by atoms with Gasteiger partial charge in [-0.2, -0.15) is 0 Å². The van der Waals surface area contributed by atoms with Crippen molar-refractivity contribution in [3.63, 3.8) is 0 Å². The first-order chi connectivity index (χ1) is 33.0. The van der Waals surface area contributed by atoms with Gasteiger partial charge in [0.2, 0.25) is 0 Å². The van der Waals surface area contributed by atoms with Crippen LogP contribution >= 0.6 is 0 Å². The van der Waals surface area contributed by atoms with Crippen molar-refractivity contribution in [1.82, 2.24) is 19.1 Å². The van der Waals surface area contributed by atoms with E-state index in [4.69, 9.17) is 9.97 Å². The normalized spacial score (nSPS) is 12.3. The summed E-state index contributed by atoms with van der Waals surface area (Å²) in [7, 11) is 0. The molecule has 4 heteroatoms. The predicted molar refractivity (Wildman–Crippen MR) is 287 cm³/mol. The molecule has 0 spiro atoms. The van der Waals surface area contributed by atoms with E-state index in [1.54, 1.807) is 0 Å². The number of fused-ring (bicyclic) bond motifs is 7. The van der Waals surface area contributed by atoms with Crippen LogP contribution in [-0.2, 0) is 10.8 Å². The fourth-order valence-corrected chi connectivity index (χ4v) is 10.1. The van der Waals surface area contributed by atoms with Crippen molar-refractivity contribution in [2.45, 2.75) is 52.4 Å². The molecule has 3 heterocycles. The van der Waals surface area contributed by atoms with E-state index in [1.807, 2.05) is 24.3 Å². The summed E-state index contributed by atoms with van der Waals surface area (Å²) in [5.41, 5.74) is 20.2. The molecule has 0 aliphatic carbocycles. The molecule has 12 aromatic rings. The summed E-state index contributed by atoms with van der Waals surface area (Å²) in [5.74, 6) is 0. The van der Waals surface area contributed by atoms with Crippen LogP contribution in [0.3, 0.4) is 0 Å². The molecule has 0 radical (unpaired) electrons. The predicted octanol–water partition coefficient (Wildman–Crippen LogP) is 17.1. The van der Waals surface area contributed by atoms with Crippen molar-refractivity contribution in [2.24, 2.45) is 0 Å². The zero-order valence-corrected chi connectivity index (χ0v) is 39.4. The first-order valence-corrected chi connectivity index (χ1v) is 23.7. The molecule has 328 valence electrons. The molecule has 0 N–H and O–H groups in total. The molecule has 0 unspecified atom stereocenters. The summed E-state index contributed by atoms with van der Waals surface area (Å²) in [5, 5.41) is 5.13. The summed E-state index contributed by atoms with van der Waals surface area (Å²) in [4.78, 5) is 10.5. The van der Waals surface area contributed by atoms with Gasteiger partial charge in [-0.15, -0.1) is 0 Å². The second-order valence-corrected chi connectivity index (χ2v) is 20.3. The van der Waals surface area contributed by atoms with Gasteiger partial charge >= 0.3 is 0 Å². The van der Waals surface area contributed by atoms with Crippen molar-refractivity contribution in [3.05, 3.63) is 217 Å². The number of benzene rings is 9. The molecular formula is C64H52N4. The van der Waals surface area contributed by atoms with Gasteiger partial charge < -0.3 is 9.13 Å². The molecule has 68 heavy (non-hydrogen) atoms. The number of para-hydroxylation sites is 4. The van der Waals surface area contributed by atoms with Crippen LogP contribution in [0.15, 0.2) is 206 Å². The Morgan fingerprint density at radius 2 is 0.603 bits per heavy atom. The maximum absolute atomic E-state index is 5.24. The van der Waals surface area contributed by atoms with Crippen LogP contribution in [0, 0.1) is 0 Å². The molecule has 4 nitrogen and oxygen atoms in total. The summed E-state index contributed by atoms with van der Waals surface area (Å²) < 4.78 is 4.78. The van der Waals surface area contributed by atoms with Gasteiger partial charge in [-0.05, 0) is 117 Å². The van der Waals surface area contributed by atoms with Crippen molar-refractivity contribution < 1.29 is 0 Å².